The van der Waals surface area contributed by atoms with E-state index in [2.05, 4.69) is 51.2 Å². The number of carbonyl (C=O) groups is 4. The van der Waals surface area contributed by atoms with E-state index in [-0.39, 0.29) is 83.3 Å². The number of guanidine groups is 2. The van der Waals surface area contributed by atoms with E-state index in [0.717, 1.165) is 86.8 Å². The van der Waals surface area contributed by atoms with Gasteiger partial charge in [-0.25, -0.2) is 29.5 Å². The van der Waals surface area contributed by atoms with E-state index < -0.39 is 24.0 Å². The highest BCUT2D eigenvalue weighted by Gasteiger charge is 2.18. The molecule has 30 heteroatoms. The lowest BCUT2D eigenvalue weighted by Crippen LogP contribution is -2.38. The summed E-state index contributed by atoms with van der Waals surface area (Å²) in [4.78, 5) is 72.2. The number of aryl methyl sites for hydroxylation is 2. The normalized spacial score (nSPS) is 11.4. The molecule has 450 valence electrons. The van der Waals surface area contributed by atoms with Crippen molar-refractivity contribution >= 4 is 82.4 Å². The number of nitrogens with zero attached hydrogens (tertiary/aromatic N) is 6. The van der Waals surface area contributed by atoms with Crippen molar-refractivity contribution in [3.63, 3.8) is 0 Å². The number of alkyl carbamates (subject to hydrolysis) is 2. The zero-order valence-electron chi connectivity index (χ0n) is 45.8. The molecule has 2 aromatic heterocycles. The van der Waals surface area contributed by atoms with Crippen molar-refractivity contribution in [3.05, 3.63) is 81.4 Å². The third-order valence-electron chi connectivity index (χ3n) is 11.2. The van der Waals surface area contributed by atoms with Crippen LogP contribution in [0.1, 0.15) is 83.5 Å². The maximum atomic E-state index is 12.4. The number of amides is 4. The van der Waals surface area contributed by atoms with Crippen LogP contribution in [0.2, 0.25) is 10.3 Å². The van der Waals surface area contributed by atoms with Gasteiger partial charge in [0.15, 0.2) is 56.9 Å². The number of hydrogen-bond donors (Lipinski definition) is 10. The molecule has 4 rings (SSSR count). The molecule has 4 amide bonds. The largest absolute Gasteiger partial charge is 0.491 e. The van der Waals surface area contributed by atoms with Crippen LogP contribution in [0.5, 0.6) is 11.5 Å². The van der Waals surface area contributed by atoms with Crippen LogP contribution in [-0.4, -0.2) is 161 Å². The molecule has 0 aliphatic heterocycles. The molecule has 4 aromatic rings. The average Bonchev–Trinajstić information content (AvgIpc) is 3.65. The summed E-state index contributed by atoms with van der Waals surface area (Å²) < 4.78 is 43.8. The number of hydrogen-bond acceptors (Lipinski definition) is 22. The van der Waals surface area contributed by atoms with E-state index in [1.165, 1.54) is 0 Å². The third kappa shape index (κ3) is 28.6. The lowest BCUT2D eigenvalue weighted by molar-refractivity contribution is 0.0208. The van der Waals surface area contributed by atoms with Crippen LogP contribution in [0.3, 0.4) is 0 Å². The molecule has 0 radical (unpaired) electrons. The first-order valence-corrected chi connectivity index (χ1v) is 27.4. The second-order valence-corrected chi connectivity index (χ2v) is 18.3. The summed E-state index contributed by atoms with van der Waals surface area (Å²) in [6.45, 7) is 5.44. The van der Waals surface area contributed by atoms with Gasteiger partial charge in [-0.15, -0.1) is 0 Å². The Hall–Kier alpha value is -7.76. The van der Waals surface area contributed by atoms with Crippen LogP contribution >= 0.6 is 23.2 Å². The second kappa shape index (κ2) is 39.6. The molecule has 28 nitrogen and oxygen atoms in total. The van der Waals surface area contributed by atoms with Gasteiger partial charge in [-0.1, -0.05) is 60.3 Å². The first-order valence-electron chi connectivity index (χ1n) is 26.6. The Labute approximate surface area is 485 Å². The maximum absolute atomic E-state index is 12.4. The molecule has 2 aromatic carbocycles. The molecule has 82 heavy (non-hydrogen) atoms. The van der Waals surface area contributed by atoms with Gasteiger partial charge in [0.05, 0.1) is 52.9 Å². The number of benzene rings is 2. The number of anilines is 4. The van der Waals surface area contributed by atoms with Crippen molar-refractivity contribution in [2.75, 3.05) is 128 Å². The van der Waals surface area contributed by atoms with Crippen LogP contribution in [0.15, 0.2) is 58.5 Å². The SMILES string of the molecule is NC(=NCCCCc1ccc(OCCOCCOCCOC(=O)NCCCCCCNC(=O)OCCOCCOCCOc2ccc(CCCCN=C(N)NC(=O)c3nc(Cl)c(N)nc3N)cc2)cc1)NC(=O)c1nc(Cl)c(N)nc1N. The summed E-state index contributed by atoms with van der Waals surface area (Å²) in [6, 6.07) is 15.6. The smallest absolute Gasteiger partial charge is 0.407 e. The molecule has 0 unspecified atom stereocenters. The number of carbonyl (C=O) groups excluding carboxylic acids is 4. The molecule has 0 fully saturated rings. The number of aromatic nitrogens is 4. The minimum atomic E-state index is -0.689. The van der Waals surface area contributed by atoms with E-state index >= 15 is 0 Å². The van der Waals surface area contributed by atoms with Crippen molar-refractivity contribution in [1.29, 1.82) is 0 Å². The molecular weight excluding hydrogens is 1110 g/mol. The van der Waals surface area contributed by atoms with Crippen LogP contribution in [0.25, 0.3) is 0 Å². The maximum Gasteiger partial charge on any atom is 0.407 e. The number of rotatable bonds is 39. The van der Waals surface area contributed by atoms with Crippen molar-refractivity contribution in [3.8, 4) is 11.5 Å². The Morgan fingerprint density at radius 1 is 0.439 bits per heavy atom. The van der Waals surface area contributed by atoms with E-state index in [1.54, 1.807) is 0 Å². The van der Waals surface area contributed by atoms with Crippen molar-refractivity contribution < 1.29 is 57.1 Å². The monoisotopic (exact) mass is 1190 g/mol. The number of nitrogen functional groups attached to an aromatic ring is 4. The van der Waals surface area contributed by atoms with Gasteiger partial charge in [-0.3, -0.25) is 30.2 Å². The quantitative estimate of drug-likeness (QED) is 0.0173. The topological polar surface area (TPSA) is 423 Å². The molecule has 16 N–H and O–H groups in total. The van der Waals surface area contributed by atoms with E-state index in [1.807, 2.05) is 48.5 Å². The van der Waals surface area contributed by atoms with E-state index in [4.69, 9.17) is 95.5 Å². The minimum Gasteiger partial charge on any atom is -0.491 e. The average molecular weight is 1190 g/mol. The summed E-state index contributed by atoms with van der Waals surface area (Å²) in [5.41, 5.74) is 36.0. The molecule has 0 spiro atoms. The highest BCUT2D eigenvalue weighted by molar-refractivity contribution is 6.32. The van der Waals surface area contributed by atoms with E-state index in [9.17, 15) is 19.2 Å². The standard InChI is InChI=1S/C52H76Cl2N16O12/c53-41-45(57)67-43(55)39(65-41)47(71)69-49(59)61-19-7-3-9-35-11-15-37(16-12-35)79-31-27-75-23-25-77-29-33-81-51(73)63-21-5-1-2-6-22-64-52(74)82-34-30-78-26-24-76-28-32-80-38-17-13-36(14-18-38)10-4-8-20-62-50(60)70-48(72)40-44(56)68-46(58)42(54)66-40/h11-18H,1-10,19-34H2,(H,63,73)(H,64,74)(H4,55,57,67)(H4,56,58,68)(H3,59,61,69,71)(H3,60,62,70,72). The van der Waals surface area contributed by atoms with Crippen LogP contribution in [0.4, 0.5) is 32.9 Å². The predicted molar refractivity (Wildman–Crippen MR) is 310 cm³/mol. The minimum absolute atomic E-state index is 0.0727. The van der Waals surface area contributed by atoms with Gasteiger partial charge in [0.1, 0.15) is 37.9 Å². The molecular formula is C52H76Cl2N16O12. The lowest BCUT2D eigenvalue weighted by Gasteiger charge is -2.10. The van der Waals surface area contributed by atoms with Crippen LogP contribution in [-0.2, 0) is 41.3 Å². The van der Waals surface area contributed by atoms with E-state index in [0.29, 0.717) is 79.0 Å². The first-order chi connectivity index (χ1) is 39.7. The number of ether oxygens (including phenoxy) is 8. The van der Waals surface area contributed by atoms with Gasteiger partial charge in [0.25, 0.3) is 11.8 Å². The van der Waals surface area contributed by atoms with Crippen LogP contribution < -0.4 is 65.1 Å². The Kier molecular flexibility index (Phi) is 32.2. The molecule has 0 saturated heterocycles. The molecule has 0 aliphatic rings. The van der Waals surface area contributed by atoms with Gasteiger partial charge >= 0.3 is 12.2 Å². The fraction of sp³-hybridized carbons (Fsp3) is 0.500. The molecule has 2 heterocycles. The molecule has 0 bridgehead atoms. The van der Waals surface area contributed by atoms with Crippen molar-refractivity contribution in [2.45, 2.75) is 64.2 Å². The fourth-order valence-electron chi connectivity index (χ4n) is 6.99. The first kappa shape index (κ1) is 66.7. The third-order valence-corrected chi connectivity index (χ3v) is 11.7. The summed E-state index contributed by atoms with van der Waals surface area (Å²) in [6.07, 6.45) is 7.12. The van der Waals surface area contributed by atoms with Gasteiger partial charge < -0.3 is 82.9 Å². The van der Waals surface area contributed by atoms with Gasteiger partial charge in [-0.05, 0) is 86.8 Å². The zero-order valence-corrected chi connectivity index (χ0v) is 47.3. The van der Waals surface area contributed by atoms with Gasteiger partial charge in [0, 0.05) is 26.2 Å². The highest BCUT2D eigenvalue weighted by Crippen LogP contribution is 2.19. The Morgan fingerprint density at radius 3 is 1.17 bits per heavy atom. The highest BCUT2D eigenvalue weighted by atomic mass is 35.5. The van der Waals surface area contributed by atoms with Gasteiger partial charge in [-0.2, -0.15) is 0 Å². The summed E-state index contributed by atoms with van der Waals surface area (Å²) in [5.74, 6) is -0.568. The predicted octanol–water partition coefficient (Wildman–Crippen LogP) is 3.57. The summed E-state index contributed by atoms with van der Waals surface area (Å²) in [7, 11) is 0. The number of nitrogens with two attached hydrogens (primary N) is 6. The molecule has 0 aliphatic carbocycles. The summed E-state index contributed by atoms with van der Waals surface area (Å²) in [5, 5.41) is 9.98. The molecule has 0 saturated carbocycles. The fourth-order valence-corrected chi connectivity index (χ4v) is 7.24. The Bertz CT molecular complexity index is 2450. The zero-order chi connectivity index (χ0) is 59.2. The summed E-state index contributed by atoms with van der Waals surface area (Å²) >= 11 is 11.7. The van der Waals surface area contributed by atoms with Gasteiger partial charge in [0.2, 0.25) is 0 Å². The Balaban J connectivity index is 0.835. The number of halogens is 2. The molecule has 0 atom stereocenters. The second-order valence-electron chi connectivity index (χ2n) is 17.6. The van der Waals surface area contributed by atoms with Crippen LogP contribution in [0, 0.1) is 0 Å². The number of unbranched alkanes of at least 4 members (excludes halogenated alkanes) is 5. The van der Waals surface area contributed by atoms with Crippen molar-refractivity contribution in [2.24, 2.45) is 21.5 Å². The number of nitrogens with one attached hydrogen (secondary N) is 4. The number of aliphatic imine (C=N–C) groups is 2. The lowest BCUT2D eigenvalue weighted by atomic mass is 10.1. The Morgan fingerprint density at radius 2 is 0.793 bits per heavy atom. The van der Waals surface area contributed by atoms with Crippen molar-refractivity contribution in [1.82, 2.24) is 41.2 Å².